The van der Waals surface area contributed by atoms with Gasteiger partial charge in [-0.05, 0) is 36.4 Å². The average molecular weight is 207 g/mol. The molecule has 0 spiro atoms. The van der Waals surface area contributed by atoms with E-state index in [2.05, 4.69) is 29.1 Å². The van der Waals surface area contributed by atoms with Gasteiger partial charge in [-0.1, -0.05) is 0 Å². The summed E-state index contributed by atoms with van der Waals surface area (Å²) in [4.78, 5) is 0. The van der Waals surface area contributed by atoms with Crippen LogP contribution in [-0.2, 0) is 5.54 Å². The van der Waals surface area contributed by atoms with Crippen LogP contribution in [0.15, 0.2) is 16.8 Å². The Balaban J connectivity index is 0.00000121. The number of thiophene rings is 1. The van der Waals surface area contributed by atoms with Gasteiger partial charge < -0.3 is 11.1 Å². The van der Waals surface area contributed by atoms with Gasteiger partial charge in [0.25, 0.3) is 0 Å². The fraction of sp³-hybridized carbons (Fsp3) is 0.500. The molecule has 1 aromatic heterocycles. The molecule has 12 heavy (non-hydrogen) atoms. The Morgan fingerprint density at radius 1 is 1.67 bits per heavy atom. The molecule has 0 saturated carbocycles. The molecule has 70 valence electrons. The number of nitrogens with two attached hydrogens (primary N) is 1. The normalized spacial score (nSPS) is 14.9. The van der Waals surface area contributed by atoms with Crippen LogP contribution >= 0.6 is 23.7 Å². The molecule has 0 fully saturated rings. The van der Waals surface area contributed by atoms with Crippen molar-refractivity contribution in [2.75, 3.05) is 13.6 Å². The number of hydrogen-bond acceptors (Lipinski definition) is 3. The molecule has 1 rings (SSSR count). The first-order valence-electron chi connectivity index (χ1n) is 3.64. The highest BCUT2D eigenvalue weighted by Crippen LogP contribution is 2.20. The fourth-order valence-corrected chi connectivity index (χ4v) is 1.73. The predicted molar refractivity (Wildman–Crippen MR) is 57.0 cm³/mol. The smallest absolute Gasteiger partial charge is 0.0535 e. The minimum Gasteiger partial charge on any atom is -0.328 e. The predicted octanol–water partition coefficient (Wildman–Crippen LogP) is 1.56. The highest BCUT2D eigenvalue weighted by molar-refractivity contribution is 7.08. The molecule has 4 heteroatoms. The zero-order valence-electron chi connectivity index (χ0n) is 7.33. The van der Waals surface area contributed by atoms with E-state index in [-0.39, 0.29) is 17.9 Å². The van der Waals surface area contributed by atoms with E-state index in [0.29, 0.717) is 6.54 Å². The van der Waals surface area contributed by atoms with Gasteiger partial charge in [0, 0.05) is 6.54 Å². The summed E-state index contributed by atoms with van der Waals surface area (Å²) in [7, 11) is 1.94. The molecule has 1 aromatic rings. The molecule has 1 atom stereocenters. The minimum absolute atomic E-state index is 0. The molecule has 0 aromatic carbocycles. The molecule has 0 amide bonds. The molecule has 1 heterocycles. The van der Waals surface area contributed by atoms with E-state index in [1.54, 1.807) is 11.3 Å². The van der Waals surface area contributed by atoms with Crippen LogP contribution in [0.25, 0.3) is 0 Å². The van der Waals surface area contributed by atoms with Crippen molar-refractivity contribution in [3.8, 4) is 0 Å². The summed E-state index contributed by atoms with van der Waals surface area (Å²) in [5, 5.41) is 7.41. The number of rotatable bonds is 3. The van der Waals surface area contributed by atoms with Crippen molar-refractivity contribution in [3.05, 3.63) is 22.4 Å². The van der Waals surface area contributed by atoms with Crippen LogP contribution in [0.5, 0.6) is 0 Å². The first-order chi connectivity index (χ1) is 5.23. The SMILES string of the molecule is CNC(C)(CN)c1ccsc1.Cl. The van der Waals surface area contributed by atoms with Crippen LogP contribution in [0, 0.1) is 0 Å². The van der Waals surface area contributed by atoms with Crippen LogP contribution < -0.4 is 11.1 Å². The second-order valence-electron chi connectivity index (χ2n) is 2.80. The number of nitrogens with one attached hydrogen (secondary N) is 1. The monoisotopic (exact) mass is 206 g/mol. The number of likely N-dealkylation sites (N-methyl/N-ethyl adjacent to an activating group) is 1. The van der Waals surface area contributed by atoms with Crippen molar-refractivity contribution in [3.63, 3.8) is 0 Å². The summed E-state index contributed by atoms with van der Waals surface area (Å²) in [6.07, 6.45) is 0. The summed E-state index contributed by atoms with van der Waals surface area (Å²) in [5.41, 5.74) is 6.87. The van der Waals surface area contributed by atoms with Gasteiger partial charge in [-0.25, -0.2) is 0 Å². The van der Waals surface area contributed by atoms with Gasteiger partial charge in [0.2, 0.25) is 0 Å². The van der Waals surface area contributed by atoms with E-state index < -0.39 is 0 Å². The lowest BCUT2D eigenvalue weighted by molar-refractivity contribution is 0.413. The van der Waals surface area contributed by atoms with Crippen LogP contribution in [0.3, 0.4) is 0 Å². The summed E-state index contributed by atoms with van der Waals surface area (Å²) < 4.78 is 0. The second-order valence-corrected chi connectivity index (χ2v) is 3.58. The standard InChI is InChI=1S/C8H14N2S.ClH/c1-8(6-9,10-2)7-3-4-11-5-7;/h3-5,10H,6,9H2,1-2H3;1H. The lowest BCUT2D eigenvalue weighted by Gasteiger charge is -2.26. The molecule has 0 saturated heterocycles. The largest absolute Gasteiger partial charge is 0.328 e. The summed E-state index contributed by atoms with van der Waals surface area (Å²) in [5.74, 6) is 0. The van der Waals surface area contributed by atoms with Gasteiger partial charge >= 0.3 is 0 Å². The Hall–Kier alpha value is -0.0900. The van der Waals surface area contributed by atoms with Crippen molar-refractivity contribution in [2.45, 2.75) is 12.5 Å². The van der Waals surface area contributed by atoms with Crippen molar-refractivity contribution < 1.29 is 0 Å². The Kier molecular flexibility index (Phi) is 4.78. The van der Waals surface area contributed by atoms with Gasteiger partial charge in [0.05, 0.1) is 5.54 Å². The first-order valence-corrected chi connectivity index (χ1v) is 4.59. The molecule has 0 aliphatic heterocycles. The van der Waals surface area contributed by atoms with E-state index in [9.17, 15) is 0 Å². The maximum atomic E-state index is 5.65. The maximum Gasteiger partial charge on any atom is 0.0535 e. The molecule has 0 bridgehead atoms. The quantitative estimate of drug-likeness (QED) is 0.788. The minimum atomic E-state index is -0.0556. The maximum absolute atomic E-state index is 5.65. The molecule has 0 radical (unpaired) electrons. The Morgan fingerprint density at radius 2 is 2.33 bits per heavy atom. The van der Waals surface area contributed by atoms with E-state index in [1.165, 1.54) is 5.56 Å². The van der Waals surface area contributed by atoms with E-state index in [4.69, 9.17) is 5.73 Å². The molecule has 0 aliphatic carbocycles. The van der Waals surface area contributed by atoms with Crippen LogP contribution in [0.2, 0.25) is 0 Å². The third kappa shape index (κ3) is 2.20. The molecule has 0 aliphatic rings. The van der Waals surface area contributed by atoms with Crippen molar-refractivity contribution >= 4 is 23.7 Å². The fourth-order valence-electron chi connectivity index (χ4n) is 0.943. The summed E-state index contributed by atoms with van der Waals surface area (Å²) >= 11 is 1.70. The van der Waals surface area contributed by atoms with Crippen molar-refractivity contribution in [2.24, 2.45) is 5.73 Å². The summed E-state index contributed by atoms with van der Waals surface area (Å²) in [6, 6.07) is 2.11. The zero-order valence-corrected chi connectivity index (χ0v) is 8.97. The lowest BCUT2D eigenvalue weighted by atomic mass is 9.95. The third-order valence-electron chi connectivity index (χ3n) is 2.12. The van der Waals surface area contributed by atoms with Crippen LogP contribution in [0.1, 0.15) is 12.5 Å². The van der Waals surface area contributed by atoms with Crippen LogP contribution in [0.4, 0.5) is 0 Å². The van der Waals surface area contributed by atoms with Gasteiger partial charge in [0.1, 0.15) is 0 Å². The molecular formula is C8H15ClN2S. The van der Waals surface area contributed by atoms with Gasteiger partial charge in [-0.3, -0.25) is 0 Å². The molecular weight excluding hydrogens is 192 g/mol. The molecule has 3 N–H and O–H groups in total. The van der Waals surface area contributed by atoms with Crippen LogP contribution in [-0.4, -0.2) is 13.6 Å². The number of halogens is 1. The Morgan fingerprint density at radius 3 is 2.67 bits per heavy atom. The Labute approximate surface area is 83.6 Å². The lowest BCUT2D eigenvalue weighted by Crippen LogP contribution is -2.43. The first kappa shape index (κ1) is 11.9. The third-order valence-corrected chi connectivity index (χ3v) is 2.80. The molecule has 1 unspecified atom stereocenters. The van der Waals surface area contributed by atoms with Gasteiger partial charge in [-0.2, -0.15) is 11.3 Å². The van der Waals surface area contributed by atoms with Gasteiger partial charge in [0.15, 0.2) is 0 Å². The highest BCUT2D eigenvalue weighted by Gasteiger charge is 2.22. The van der Waals surface area contributed by atoms with E-state index in [1.807, 2.05) is 7.05 Å². The summed E-state index contributed by atoms with van der Waals surface area (Å²) in [6.45, 7) is 2.73. The zero-order chi connectivity index (χ0) is 8.32. The Bertz CT molecular complexity index is 207. The topological polar surface area (TPSA) is 38.0 Å². The average Bonchev–Trinajstić information content (AvgIpc) is 2.55. The van der Waals surface area contributed by atoms with Crippen molar-refractivity contribution in [1.82, 2.24) is 5.32 Å². The second kappa shape index (κ2) is 4.82. The molecule has 2 nitrogen and oxygen atoms in total. The van der Waals surface area contributed by atoms with Crippen molar-refractivity contribution in [1.29, 1.82) is 0 Å². The van der Waals surface area contributed by atoms with Gasteiger partial charge in [-0.15, -0.1) is 12.4 Å². The highest BCUT2D eigenvalue weighted by atomic mass is 35.5. The van der Waals surface area contributed by atoms with E-state index in [0.717, 1.165) is 0 Å². The van der Waals surface area contributed by atoms with E-state index >= 15 is 0 Å². The number of hydrogen-bond donors (Lipinski definition) is 2.